The van der Waals surface area contributed by atoms with Crippen LogP contribution in [-0.4, -0.2) is 27.5 Å². The summed E-state index contributed by atoms with van der Waals surface area (Å²) < 4.78 is 42.9. The van der Waals surface area contributed by atoms with Gasteiger partial charge in [0.05, 0.1) is 17.6 Å². The van der Waals surface area contributed by atoms with Gasteiger partial charge >= 0.3 is 11.6 Å². The van der Waals surface area contributed by atoms with Gasteiger partial charge in [0.25, 0.3) is 0 Å². The largest absolute Gasteiger partial charge is 0.497 e. The van der Waals surface area contributed by atoms with Gasteiger partial charge in [-0.15, -0.1) is 0 Å². The van der Waals surface area contributed by atoms with Crippen LogP contribution < -0.4 is 15.1 Å². The summed E-state index contributed by atoms with van der Waals surface area (Å²) in [6.07, 6.45) is 1.62. The van der Waals surface area contributed by atoms with Crippen LogP contribution in [0.2, 0.25) is 0 Å². The predicted molar refractivity (Wildman–Crippen MR) is 108 cm³/mol. The van der Waals surface area contributed by atoms with E-state index in [4.69, 9.17) is 13.9 Å². The number of hydrogen-bond acceptors (Lipinski definition) is 7. The van der Waals surface area contributed by atoms with Gasteiger partial charge in [-0.25, -0.2) is 22.7 Å². The van der Waals surface area contributed by atoms with E-state index in [0.717, 1.165) is 12.8 Å². The van der Waals surface area contributed by atoms with Crippen LogP contribution in [-0.2, 0) is 21.4 Å². The third-order valence-corrected chi connectivity index (χ3v) is 6.19. The monoisotopic (exact) mass is 429 g/mol. The third-order valence-electron chi connectivity index (χ3n) is 4.68. The van der Waals surface area contributed by atoms with Crippen LogP contribution in [0.5, 0.6) is 5.75 Å². The van der Waals surface area contributed by atoms with Gasteiger partial charge in [-0.2, -0.15) is 0 Å². The Labute approximate surface area is 172 Å². The molecule has 0 spiro atoms. The number of rotatable bonds is 7. The van der Waals surface area contributed by atoms with E-state index in [9.17, 15) is 18.0 Å². The Balaban J connectivity index is 1.54. The molecule has 1 aromatic heterocycles. The van der Waals surface area contributed by atoms with Crippen molar-refractivity contribution >= 4 is 27.0 Å². The van der Waals surface area contributed by atoms with E-state index in [1.165, 1.54) is 37.4 Å². The lowest BCUT2D eigenvalue weighted by atomic mass is 10.1. The molecule has 1 saturated carbocycles. The van der Waals surface area contributed by atoms with Crippen molar-refractivity contribution in [1.82, 2.24) is 4.72 Å². The molecule has 1 aliphatic carbocycles. The lowest BCUT2D eigenvalue weighted by molar-refractivity contribution is 0.0473. The molecule has 1 fully saturated rings. The highest BCUT2D eigenvalue weighted by Crippen LogP contribution is 2.24. The molecule has 4 rings (SSSR count). The number of carbonyl (C=O) groups is 1. The van der Waals surface area contributed by atoms with Crippen LogP contribution in [0.4, 0.5) is 0 Å². The Kier molecular flexibility index (Phi) is 5.31. The van der Waals surface area contributed by atoms with Crippen molar-refractivity contribution in [3.05, 3.63) is 70.1 Å². The summed E-state index contributed by atoms with van der Waals surface area (Å²) in [5.41, 5.74) is 0.298. The molecular formula is C21H19NO7S. The minimum absolute atomic E-state index is 0.00162. The third kappa shape index (κ3) is 4.37. The number of fused-ring (bicyclic) bond motifs is 1. The van der Waals surface area contributed by atoms with Crippen molar-refractivity contribution in [1.29, 1.82) is 0 Å². The zero-order valence-corrected chi connectivity index (χ0v) is 16.9. The smallest absolute Gasteiger partial charge is 0.338 e. The SMILES string of the molecule is COc1ccc2c(COC(=O)c3cccc(S(=O)(=O)NC4CC4)c3)cc(=O)oc2c1. The van der Waals surface area contributed by atoms with E-state index in [-0.39, 0.29) is 23.1 Å². The zero-order chi connectivity index (χ0) is 21.3. The Morgan fingerprint density at radius 1 is 1.17 bits per heavy atom. The molecule has 30 heavy (non-hydrogen) atoms. The van der Waals surface area contributed by atoms with Crippen LogP contribution in [0.15, 0.2) is 62.6 Å². The summed E-state index contributed by atoms with van der Waals surface area (Å²) in [4.78, 5) is 24.3. The van der Waals surface area contributed by atoms with Crippen molar-refractivity contribution in [3.63, 3.8) is 0 Å². The second-order valence-corrected chi connectivity index (χ2v) is 8.67. The molecule has 2 aromatic carbocycles. The van der Waals surface area contributed by atoms with E-state index >= 15 is 0 Å². The van der Waals surface area contributed by atoms with Gasteiger partial charge in [0, 0.05) is 29.1 Å². The van der Waals surface area contributed by atoms with Gasteiger partial charge in [0.1, 0.15) is 17.9 Å². The minimum atomic E-state index is -3.68. The highest BCUT2D eigenvalue weighted by molar-refractivity contribution is 7.89. The summed E-state index contributed by atoms with van der Waals surface area (Å²) in [6, 6.07) is 11.8. The summed E-state index contributed by atoms with van der Waals surface area (Å²) in [7, 11) is -2.19. The van der Waals surface area contributed by atoms with Crippen LogP contribution in [0.3, 0.4) is 0 Å². The zero-order valence-electron chi connectivity index (χ0n) is 16.1. The summed E-state index contributed by atoms with van der Waals surface area (Å²) in [5, 5.41) is 0.605. The van der Waals surface area contributed by atoms with E-state index in [2.05, 4.69) is 4.72 Å². The van der Waals surface area contributed by atoms with Crippen molar-refractivity contribution < 1.29 is 27.1 Å². The van der Waals surface area contributed by atoms with Crippen LogP contribution >= 0.6 is 0 Å². The van der Waals surface area contributed by atoms with E-state index in [1.807, 2.05) is 0 Å². The fourth-order valence-electron chi connectivity index (χ4n) is 2.96. The van der Waals surface area contributed by atoms with Crippen LogP contribution in [0.1, 0.15) is 28.8 Å². The van der Waals surface area contributed by atoms with E-state index in [0.29, 0.717) is 22.3 Å². The predicted octanol–water partition coefficient (Wildman–Crippen LogP) is 2.60. The molecule has 0 amide bonds. The molecule has 0 radical (unpaired) electrons. The summed E-state index contributed by atoms with van der Waals surface area (Å²) in [6.45, 7) is -0.176. The summed E-state index contributed by atoms with van der Waals surface area (Å²) in [5.74, 6) is -0.175. The number of methoxy groups -OCH3 is 1. The van der Waals surface area contributed by atoms with E-state index in [1.54, 1.807) is 18.2 Å². The average Bonchev–Trinajstić information content (AvgIpc) is 3.54. The number of esters is 1. The molecular weight excluding hydrogens is 410 g/mol. The number of ether oxygens (including phenoxy) is 2. The Morgan fingerprint density at radius 3 is 2.70 bits per heavy atom. The molecule has 9 heteroatoms. The van der Waals surface area contributed by atoms with Crippen molar-refractivity contribution in [3.8, 4) is 5.75 Å². The standard InChI is InChI=1S/C21H19NO7S/c1-27-16-7-8-18-14(10-20(23)29-19(18)11-16)12-28-21(24)13-3-2-4-17(9-13)30(25,26)22-15-5-6-15/h2-4,7-11,15,22H,5-6,12H2,1H3. The van der Waals surface area contributed by atoms with Crippen molar-refractivity contribution in [2.75, 3.05) is 7.11 Å². The van der Waals surface area contributed by atoms with Crippen LogP contribution in [0.25, 0.3) is 11.0 Å². The molecule has 0 aliphatic heterocycles. The van der Waals surface area contributed by atoms with Gasteiger partial charge in [-0.1, -0.05) is 6.07 Å². The normalized spacial score (nSPS) is 13.9. The Bertz CT molecular complexity index is 1280. The first-order valence-corrected chi connectivity index (χ1v) is 10.7. The topological polar surface area (TPSA) is 112 Å². The molecule has 8 nitrogen and oxygen atoms in total. The molecule has 1 N–H and O–H groups in total. The molecule has 0 unspecified atom stereocenters. The first-order chi connectivity index (χ1) is 14.4. The fraction of sp³-hybridized carbons (Fsp3) is 0.238. The number of sulfonamides is 1. The minimum Gasteiger partial charge on any atom is -0.497 e. The van der Waals surface area contributed by atoms with Crippen molar-refractivity contribution in [2.24, 2.45) is 0 Å². The number of benzene rings is 2. The average molecular weight is 429 g/mol. The molecule has 3 aromatic rings. The molecule has 156 valence electrons. The molecule has 1 heterocycles. The number of carbonyl (C=O) groups excluding carboxylic acids is 1. The number of hydrogen-bond donors (Lipinski definition) is 1. The second kappa shape index (κ2) is 7.92. The van der Waals surface area contributed by atoms with Gasteiger partial charge in [-0.05, 0) is 43.2 Å². The summed E-state index contributed by atoms with van der Waals surface area (Å²) >= 11 is 0. The van der Waals surface area contributed by atoms with Crippen LogP contribution in [0, 0.1) is 0 Å². The van der Waals surface area contributed by atoms with Gasteiger partial charge < -0.3 is 13.9 Å². The highest BCUT2D eigenvalue weighted by Gasteiger charge is 2.28. The molecule has 0 atom stereocenters. The molecule has 0 saturated heterocycles. The first kappa shape index (κ1) is 20.1. The van der Waals surface area contributed by atoms with Gasteiger partial charge in [0.2, 0.25) is 10.0 Å². The van der Waals surface area contributed by atoms with E-state index < -0.39 is 21.6 Å². The first-order valence-electron chi connectivity index (χ1n) is 9.26. The maximum Gasteiger partial charge on any atom is 0.338 e. The van der Waals surface area contributed by atoms with Crippen molar-refractivity contribution in [2.45, 2.75) is 30.4 Å². The van der Waals surface area contributed by atoms with Gasteiger partial charge in [-0.3, -0.25) is 0 Å². The number of nitrogens with one attached hydrogen (secondary N) is 1. The lowest BCUT2D eigenvalue weighted by Crippen LogP contribution is -2.25. The molecule has 0 bridgehead atoms. The highest BCUT2D eigenvalue weighted by atomic mass is 32.2. The lowest BCUT2D eigenvalue weighted by Gasteiger charge is -2.09. The maximum absolute atomic E-state index is 12.5. The van der Waals surface area contributed by atoms with Gasteiger partial charge in [0.15, 0.2) is 0 Å². The fourth-order valence-corrected chi connectivity index (χ4v) is 4.31. The quantitative estimate of drug-likeness (QED) is 0.454. The Hall–Kier alpha value is -3.17. The molecule has 1 aliphatic rings. The maximum atomic E-state index is 12.5. The Morgan fingerprint density at radius 2 is 1.97 bits per heavy atom. The second-order valence-electron chi connectivity index (χ2n) is 6.95.